The van der Waals surface area contributed by atoms with E-state index in [4.69, 9.17) is 4.74 Å². The average Bonchev–Trinajstić information content (AvgIpc) is 2.26. The highest BCUT2D eigenvalue weighted by molar-refractivity contribution is 5.81. The van der Waals surface area contributed by atoms with Crippen LogP contribution >= 0.6 is 0 Å². The lowest BCUT2D eigenvalue weighted by atomic mass is 9.80. The summed E-state index contributed by atoms with van der Waals surface area (Å²) in [5.74, 6) is 0.0341. The minimum absolute atomic E-state index is 0.0341. The van der Waals surface area contributed by atoms with Crippen LogP contribution in [0.5, 0.6) is 0 Å². The van der Waals surface area contributed by atoms with Gasteiger partial charge in [0.1, 0.15) is 0 Å². The Morgan fingerprint density at radius 3 is 2.38 bits per heavy atom. The Morgan fingerprint density at radius 1 is 1.38 bits per heavy atom. The molecule has 16 heavy (non-hydrogen) atoms. The number of carbonyl (C=O) groups is 1. The van der Waals surface area contributed by atoms with Gasteiger partial charge in [0.2, 0.25) is 5.91 Å². The predicted octanol–water partition coefficient (Wildman–Crippen LogP) is 0.938. The third-order valence-electron chi connectivity index (χ3n) is 3.19. The summed E-state index contributed by atoms with van der Waals surface area (Å²) >= 11 is 0. The number of ether oxygens (including phenoxy) is 1. The van der Waals surface area contributed by atoms with Crippen LogP contribution in [0.1, 0.15) is 33.6 Å². The number of aliphatic hydroxyl groups is 1. The number of hydrogen-bond acceptors (Lipinski definition) is 3. The fourth-order valence-electron chi connectivity index (χ4n) is 1.73. The Labute approximate surface area is 97.4 Å². The van der Waals surface area contributed by atoms with Gasteiger partial charge in [0, 0.05) is 30.6 Å². The molecule has 1 heterocycles. The minimum Gasteiger partial charge on any atom is -0.396 e. The van der Waals surface area contributed by atoms with Crippen LogP contribution in [0.4, 0.5) is 0 Å². The summed E-state index contributed by atoms with van der Waals surface area (Å²) in [6.07, 6.45) is 1.63. The first-order chi connectivity index (χ1) is 7.40. The second kappa shape index (κ2) is 5.15. The van der Waals surface area contributed by atoms with Crippen molar-refractivity contribution in [1.29, 1.82) is 0 Å². The van der Waals surface area contributed by atoms with E-state index in [0.717, 1.165) is 12.8 Å². The van der Waals surface area contributed by atoms with Crippen LogP contribution in [0, 0.1) is 10.8 Å². The molecule has 1 amide bonds. The molecule has 2 N–H and O–H groups in total. The Kier molecular flexibility index (Phi) is 4.33. The highest BCUT2D eigenvalue weighted by Crippen LogP contribution is 2.29. The third kappa shape index (κ3) is 3.46. The fourth-order valence-corrected chi connectivity index (χ4v) is 1.73. The molecular formula is C12H23NO3. The number of carbonyl (C=O) groups excluding carboxylic acids is 1. The molecule has 0 saturated carbocycles. The van der Waals surface area contributed by atoms with Gasteiger partial charge in [0.15, 0.2) is 0 Å². The smallest absolute Gasteiger partial charge is 0.225 e. The van der Waals surface area contributed by atoms with E-state index in [1.807, 2.05) is 20.8 Å². The van der Waals surface area contributed by atoms with Crippen molar-refractivity contribution in [2.75, 3.05) is 26.4 Å². The molecule has 1 rings (SSSR count). The molecule has 1 fully saturated rings. The molecular weight excluding hydrogens is 206 g/mol. The van der Waals surface area contributed by atoms with Crippen molar-refractivity contribution in [3.05, 3.63) is 0 Å². The van der Waals surface area contributed by atoms with Crippen LogP contribution in [0.3, 0.4) is 0 Å². The van der Waals surface area contributed by atoms with Crippen molar-refractivity contribution < 1.29 is 14.6 Å². The van der Waals surface area contributed by atoms with Crippen LogP contribution in [0.15, 0.2) is 0 Å². The first-order valence-electron chi connectivity index (χ1n) is 5.87. The molecule has 1 aliphatic rings. The van der Waals surface area contributed by atoms with E-state index >= 15 is 0 Å². The van der Waals surface area contributed by atoms with Gasteiger partial charge in [-0.25, -0.2) is 0 Å². The quantitative estimate of drug-likeness (QED) is 0.757. The van der Waals surface area contributed by atoms with Gasteiger partial charge in [-0.05, 0) is 12.8 Å². The van der Waals surface area contributed by atoms with Crippen LogP contribution in [-0.2, 0) is 9.53 Å². The maximum Gasteiger partial charge on any atom is 0.225 e. The first-order valence-corrected chi connectivity index (χ1v) is 5.87. The number of rotatable bonds is 3. The van der Waals surface area contributed by atoms with Crippen LogP contribution in [0.25, 0.3) is 0 Å². The normalized spacial score (nSPS) is 20.5. The number of aliphatic hydroxyl groups excluding tert-OH is 1. The van der Waals surface area contributed by atoms with Crippen molar-refractivity contribution in [3.8, 4) is 0 Å². The summed E-state index contributed by atoms with van der Waals surface area (Å²) < 4.78 is 5.28. The van der Waals surface area contributed by atoms with Crippen molar-refractivity contribution in [1.82, 2.24) is 5.32 Å². The second-order valence-corrected chi connectivity index (χ2v) is 5.70. The van der Waals surface area contributed by atoms with E-state index < -0.39 is 0 Å². The molecule has 0 spiro atoms. The molecule has 1 aliphatic heterocycles. The van der Waals surface area contributed by atoms with Gasteiger partial charge >= 0.3 is 0 Å². The molecule has 0 aromatic rings. The van der Waals surface area contributed by atoms with Crippen molar-refractivity contribution in [3.63, 3.8) is 0 Å². The van der Waals surface area contributed by atoms with Crippen molar-refractivity contribution in [2.45, 2.75) is 33.6 Å². The lowest BCUT2D eigenvalue weighted by Gasteiger charge is -2.36. The summed E-state index contributed by atoms with van der Waals surface area (Å²) in [4.78, 5) is 11.7. The van der Waals surface area contributed by atoms with Gasteiger partial charge in [-0.1, -0.05) is 20.8 Å². The zero-order chi connectivity index (χ0) is 12.2. The lowest BCUT2D eigenvalue weighted by molar-refractivity contribution is -0.129. The summed E-state index contributed by atoms with van der Waals surface area (Å²) in [6, 6.07) is 0. The lowest BCUT2D eigenvalue weighted by Crippen LogP contribution is -2.46. The largest absolute Gasteiger partial charge is 0.396 e. The Morgan fingerprint density at radius 2 is 1.94 bits per heavy atom. The molecule has 1 saturated heterocycles. The Bertz CT molecular complexity index is 239. The average molecular weight is 229 g/mol. The topological polar surface area (TPSA) is 58.6 Å². The summed E-state index contributed by atoms with van der Waals surface area (Å²) in [7, 11) is 0. The van der Waals surface area contributed by atoms with E-state index in [1.54, 1.807) is 0 Å². The standard InChI is InChI=1S/C12H23NO3/c1-11(2,3)10(15)13-8-12(9-14)4-6-16-7-5-12/h14H,4-9H2,1-3H3,(H,13,15). The summed E-state index contributed by atoms with van der Waals surface area (Å²) in [5.41, 5.74) is -0.555. The van der Waals surface area contributed by atoms with Gasteiger partial charge in [-0.3, -0.25) is 4.79 Å². The third-order valence-corrected chi connectivity index (χ3v) is 3.19. The molecule has 0 aliphatic carbocycles. The zero-order valence-corrected chi connectivity index (χ0v) is 10.5. The number of hydrogen-bond donors (Lipinski definition) is 2. The zero-order valence-electron chi connectivity index (χ0n) is 10.5. The number of nitrogens with one attached hydrogen (secondary N) is 1. The van der Waals surface area contributed by atoms with Crippen molar-refractivity contribution >= 4 is 5.91 Å². The second-order valence-electron chi connectivity index (χ2n) is 5.70. The summed E-state index contributed by atoms with van der Waals surface area (Å²) in [5, 5.41) is 12.4. The van der Waals surface area contributed by atoms with Gasteiger partial charge in [-0.2, -0.15) is 0 Å². The molecule has 0 bridgehead atoms. The van der Waals surface area contributed by atoms with Gasteiger partial charge < -0.3 is 15.2 Å². The molecule has 0 radical (unpaired) electrons. The monoisotopic (exact) mass is 229 g/mol. The molecule has 0 aromatic carbocycles. The maximum atomic E-state index is 11.7. The highest BCUT2D eigenvalue weighted by Gasteiger charge is 2.33. The Balaban J connectivity index is 2.48. The molecule has 0 aromatic heterocycles. The molecule has 0 atom stereocenters. The number of amides is 1. The predicted molar refractivity (Wildman–Crippen MR) is 62.0 cm³/mol. The van der Waals surface area contributed by atoms with E-state index in [9.17, 15) is 9.90 Å². The fraction of sp³-hybridized carbons (Fsp3) is 0.917. The van der Waals surface area contributed by atoms with Crippen LogP contribution < -0.4 is 5.32 Å². The molecule has 4 heteroatoms. The van der Waals surface area contributed by atoms with E-state index in [-0.39, 0.29) is 23.3 Å². The molecule has 4 nitrogen and oxygen atoms in total. The van der Waals surface area contributed by atoms with E-state index in [2.05, 4.69) is 5.32 Å². The highest BCUT2D eigenvalue weighted by atomic mass is 16.5. The molecule has 0 unspecified atom stereocenters. The Hall–Kier alpha value is -0.610. The maximum absolute atomic E-state index is 11.7. The minimum atomic E-state index is -0.373. The van der Waals surface area contributed by atoms with Crippen molar-refractivity contribution in [2.24, 2.45) is 10.8 Å². The SMILES string of the molecule is CC(C)(C)C(=O)NCC1(CO)CCOCC1. The van der Waals surface area contributed by atoms with Crippen LogP contribution in [0.2, 0.25) is 0 Å². The van der Waals surface area contributed by atoms with Crippen LogP contribution in [-0.4, -0.2) is 37.4 Å². The van der Waals surface area contributed by atoms with Gasteiger partial charge in [0.05, 0.1) is 6.61 Å². The summed E-state index contributed by atoms with van der Waals surface area (Å²) in [6.45, 7) is 7.66. The first kappa shape index (κ1) is 13.5. The molecule has 94 valence electrons. The van der Waals surface area contributed by atoms with E-state index in [0.29, 0.717) is 19.8 Å². The van der Waals surface area contributed by atoms with Gasteiger partial charge in [-0.15, -0.1) is 0 Å². The van der Waals surface area contributed by atoms with Gasteiger partial charge in [0.25, 0.3) is 0 Å². The van der Waals surface area contributed by atoms with E-state index in [1.165, 1.54) is 0 Å².